The number of amides is 2. The van der Waals surface area contributed by atoms with Gasteiger partial charge in [-0.3, -0.25) is 4.68 Å². The van der Waals surface area contributed by atoms with E-state index < -0.39 is 0 Å². The number of ether oxygens (including phenoxy) is 1. The van der Waals surface area contributed by atoms with E-state index in [1.165, 1.54) is 5.56 Å². The van der Waals surface area contributed by atoms with Gasteiger partial charge in [-0.15, -0.1) is 0 Å². The van der Waals surface area contributed by atoms with Gasteiger partial charge in [0.2, 0.25) is 0 Å². The first-order valence-electron chi connectivity index (χ1n) is 8.88. The summed E-state index contributed by atoms with van der Waals surface area (Å²) in [5, 5.41) is 7.38. The minimum atomic E-state index is 0.0212. The van der Waals surface area contributed by atoms with Gasteiger partial charge in [0.05, 0.1) is 12.7 Å². The summed E-state index contributed by atoms with van der Waals surface area (Å²) in [4.78, 5) is 14.2. The van der Waals surface area contributed by atoms with E-state index in [0.29, 0.717) is 12.0 Å². The summed E-state index contributed by atoms with van der Waals surface area (Å²) in [6.45, 7) is 4.63. The average Bonchev–Trinajstić information content (AvgIpc) is 3.06. The number of benzene rings is 1. The lowest BCUT2D eigenvalue weighted by Crippen LogP contribution is -2.62. The molecule has 25 heavy (non-hydrogen) atoms. The summed E-state index contributed by atoms with van der Waals surface area (Å²) in [5.74, 6) is 0. The van der Waals surface area contributed by atoms with Gasteiger partial charge in [0, 0.05) is 50.0 Å². The molecule has 0 unspecified atom stereocenters. The number of rotatable bonds is 4. The lowest BCUT2D eigenvalue weighted by molar-refractivity contribution is -0.0616. The zero-order chi connectivity index (χ0) is 17.1. The van der Waals surface area contributed by atoms with Crippen molar-refractivity contribution in [1.29, 1.82) is 0 Å². The maximum absolute atomic E-state index is 12.3. The van der Waals surface area contributed by atoms with Crippen molar-refractivity contribution >= 4 is 6.03 Å². The quantitative estimate of drug-likeness (QED) is 0.929. The highest BCUT2D eigenvalue weighted by Gasteiger charge is 2.45. The largest absolute Gasteiger partial charge is 0.381 e. The summed E-state index contributed by atoms with van der Waals surface area (Å²) in [7, 11) is 0. The van der Waals surface area contributed by atoms with Crippen molar-refractivity contribution in [3.05, 3.63) is 53.9 Å². The van der Waals surface area contributed by atoms with Crippen molar-refractivity contribution in [1.82, 2.24) is 20.0 Å². The van der Waals surface area contributed by atoms with Crippen molar-refractivity contribution < 1.29 is 9.53 Å². The van der Waals surface area contributed by atoms with Gasteiger partial charge in [0.15, 0.2) is 0 Å². The molecule has 1 spiro atoms. The van der Waals surface area contributed by atoms with Gasteiger partial charge in [-0.1, -0.05) is 30.3 Å². The maximum Gasteiger partial charge on any atom is 0.317 e. The minimum absolute atomic E-state index is 0.0212. The fraction of sp³-hybridized carbons (Fsp3) is 0.474. The van der Waals surface area contributed by atoms with Crippen molar-refractivity contribution in [3.8, 4) is 0 Å². The van der Waals surface area contributed by atoms with Crippen molar-refractivity contribution in [2.75, 3.05) is 26.3 Å². The van der Waals surface area contributed by atoms with Crippen LogP contribution < -0.4 is 5.32 Å². The summed E-state index contributed by atoms with van der Waals surface area (Å²) < 4.78 is 7.32. The van der Waals surface area contributed by atoms with Crippen LogP contribution in [-0.2, 0) is 17.8 Å². The monoisotopic (exact) mass is 340 g/mol. The van der Waals surface area contributed by atoms with E-state index >= 15 is 0 Å². The first kappa shape index (κ1) is 16.1. The molecule has 2 aliphatic rings. The molecule has 1 aromatic carbocycles. The van der Waals surface area contributed by atoms with Crippen LogP contribution in [0.15, 0.2) is 42.7 Å². The molecule has 2 aromatic rings. The number of carbonyl (C=O) groups excluding carboxylic acids is 1. The predicted octanol–water partition coefficient (Wildman–Crippen LogP) is 2.25. The zero-order valence-corrected chi connectivity index (χ0v) is 14.4. The van der Waals surface area contributed by atoms with Crippen LogP contribution in [0.1, 0.15) is 24.0 Å². The van der Waals surface area contributed by atoms with Crippen LogP contribution in [-0.4, -0.2) is 47.0 Å². The normalized spacial score (nSPS) is 18.8. The Morgan fingerprint density at radius 1 is 1.16 bits per heavy atom. The number of hydrogen-bond acceptors (Lipinski definition) is 3. The first-order chi connectivity index (χ1) is 12.2. The lowest BCUT2D eigenvalue weighted by atomic mass is 9.73. The molecule has 0 bridgehead atoms. The molecule has 6 nitrogen and oxygen atoms in total. The number of nitrogens with zero attached hydrogens (tertiary/aromatic N) is 3. The number of aromatic nitrogens is 2. The van der Waals surface area contributed by atoms with Crippen molar-refractivity contribution in [3.63, 3.8) is 0 Å². The van der Waals surface area contributed by atoms with E-state index in [1.54, 1.807) is 0 Å². The van der Waals surface area contributed by atoms with Gasteiger partial charge in [-0.2, -0.15) is 5.10 Å². The summed E-state index contributed by atoms with van der Waals surface area (Å²) in [6.07, 6.45) is 5.95. The number of nitrogens with one attached hydrogen (secondary N) is 1. The Hall–Kier alpha value is -2.34. The third kappa shape index (κ3) is 3.69. The molecular weight excluding hydrogens is 316 g/mol. The Labute approximate surface area is 147 Å². The maximum atomic E-state index is 12.3. The van der Waals surface area contributed by atoms with Gasteiger partial charge >= 0.3 is 6.03 Å². The zero-order valence-electron chi connectivity index (χ0n) is 14.4. The molecule has 0 radical (unpaired) electrons. The summed E-state index contributed by atoms with van der Waals surface area (Å²) >= 11 is 0. The highest BCUT2D eigenvalue weighted by molar-refractivity contribution is 5.75. The highest BCUT2D eigenvalue weighted by Crippen LogP contribution is 2.39. The number of hydrogen-bond donors (Lipinski definition) is 1. The number of likely N-dealkylation sites (tertiary alicyclic amines) is 1. The standard InChI is InChI=1S/C19H24N4O2/c24-18(22-14-19(15-22)6-8-25-9-7-19)20-10-17-11-21-23(13-17)12-16-4-2-1-3-5-16/h1-5,11,13H,6-10,12,14-15H2,(H,20,24). The molecule has 2 aliphatic heterocycles. The predicted molar refractivity (Wildman–Crippen MR) is 94.1 cm³/mol. The van der Waals surface area contributed by atoms with E-state index in [2.05, 4.69) is 22.5 Å². The van der Waals surface area contributed by atoms with E-state index in [0.717, 1.165) is 51.3 Å². The third-order valence-electron chi connectivity index (χ3n) is 5.21. The Bertz CT molecular complexity index is 714. The Morgan fingerprint density at radius 2 is 1.92 bits per heavy atom. The molecule has 2 fully saturated rings. The van der Waals surface area contributed by atoms with Crippen molar-refractivity contribution in [2.45, 2.75) is 25.9 Å². The van der Waals surface area contributed by atoms with Crippen LogP contribution in [0.2, 0.25) is 0 Å². The molecule has 0 atom stereocenters. The summed E-state index contributed by atoms with van der Waals surface area (Å²) in [6, 6.07) is 10.2. The van der Waals surface area contributed by atoms with Crippen LogP contribution in [0.4, 0.5) is 4.79 Å². The topological polar surface area (TPSA) is 59.4 Å². The number of urea groups is 1. The molecule has 0 aliphatic carbocycles. The van der Waals surface area contributed by atoms with E-state index in [4.69, 9.17) is 4.74 Å². The second-order valence-corrected chi connectivity index (χ2v) is 7.16. The average molecular weight is 340 g/mol. The van der Waals surface area contributed by atoms with Crippen LogP contribution in [0.25, 0.3) is 0 Å². The molecule has 2 amide bonds. The number of carbonyl (C=O) groups is 1. The Kier molecular flexibility index (Phi) is 4.44. The molecule has 0 saturated carbocycles. The molecule has 1 aromatic heterocycles. The van der Waals surface area contributed by atoms with Crippen LogP contribution in [0.5, 0.6) is 0 Å². The molecular formula is C19H24N4O2. The van der Waals surface area contributed by atoms with Crippen LogP contribution in [0.3, 0.4) is 0 Å². The molecule has 6 heteroatoms. The molecule has 4 rings (SSSR count). The van der Waals surface area contributed by atoms with Gasteiger partial charge in [0.25, 0.3) is 0 Å². The molecule has 132 valence electrons. The lowest BCUT2D eigenvalue weighted by Gasteiger charge is -2.51. The van der Waals surface area contributed by atoms with Gasteiger partial charge < -0.3 is 15.0 Å². The Morgan fingerprint density at radius 3 is 2.68 bits per heavy atom. The SMILES string of the molecule is O=C(NCc1cnn(Cc2ccccc2)c1)N1CC2(CCOCC2)C1. The van der Waals surface area contributed by atoms with Crippen LogP contribution in [0, 0.1) is 5.41 Å². The minimum Gasteiger partial charge on any atom is -0.381 e. The second-order valence-electron chi connectivity index (χ2n) is 7.16. The fourth-order valence-corrected chi connectivity index (χ4v) is 3.67. The fourth-order valence-electron chi connectivity index (χ4n) is 3.67. The molecule has 2 saturated heterocycles. The molecule has 3 heterocycles. The summed E-state index contributed by atoms with van der Waals surface area (Å²) in [5.41, 5.74) is 2.55. The molecule has 1 N–H and O–H groups in total. The van der Waals surface area contributed by atoms with E-state index in [1.807, 2.05) is 40.2 Å². The van der Waals surface area contributed by atoms with Crippen molar-refractivity contribution in [2.24, 2.45) is 5.41 Å². The van der Waals surface area contributed by atoms with Gasteiger partial charge in [-0.25, -0.2) is 4.79 Å². The smallest absolute Gasteiger partial charge is 0.317 e. The second kappa shape index (κ2) is 6.88. The van der Waals surface area contributed by atoms with E-state index in [-0.39, 0.29) is 6.03 Å². The van der Waals surface area contributed by atoms with Crippen LogP contribution >= 0.6 is 0 Å². The third-order valence-corrected chi connectivity index (χ3v) is 5.21. The highest BCUT2D eigenvalue weighted by atomic mass is 16.5. The Balaban J connectivity index is 1.24. The van der Waals surface area contributed by atoms with E-state index in [9.17, 15) is 4.79 Å². The van der Waals surface area contributed by atoms with Gasteiger partial charge in [0.1, 0.15) is 0 Å². The van der Waals surface area contributed by atoms with Gasteiger partial charge in [-0.05, 0) is 18.4 Å². The first-order valence-corrected chi connectivity index (χ1v) is 8.88.